The zero-order valence-corrected chi connectivity index (χ0v) is 21.1. The van der Waals surface area contributed by atoms with Gasteiger partial charge in [0.1, 0.15) is 11.9 Å². The van der Waals surface area contributed by atoms with Crippen LogP contribution in [0.4, 0.5) is 37.7 Å². The number of esters is 2. The molecule has 1 heterocycles. The van der Waals surface area contributed by atoms with Crippen molar-refractivity contribution in [3.05, 3.63) is 107 Å². The van der Waals surface area contributed by atoms with Gasteiger partial charge in [0.25, 0.3) is 0 Å². The second-order valence-electron chi connectivity index (χ2n) is 8.69. The summed E-state index contributed by atoms with van der Waals surface area (Å²) in [5.74, 6) is -2.07. The Labute approximate surface area is 225 Å². The van der Waals surface area contributed by atoms with Crippen LogP contribution in [0.25, 0.3) is 0 Å². The Morgan fingerprint density at radius 1 is 0.725 bits per heavy atom. The number of benzene rings is 3. The van der Waals surface area contributed by atoms with Gasteiger partial charge < -0.3 is 19.3 Å². The van der Waals surface area contributed by atoms with Gasteiger partial charge in [0, 0.05) is 11.4 Å². The molecule has 0 amide bonds. The Morgan fingerprint density at radius 2 is 1.25 bits per heavy atom. The van der Waals surface area contributed by atoms with E-state index in [0.717, 1.165) is 49.5 Å². The molecule has 0 saturated carbocycles. The van der Waals surface area contributed by atoms with Gasteiger partial charge in [-0.15, -0.1) is 0 Å². The lowest BCUT2D eigenvalue weighted by molar-refractivity contribution is -0.139. The first-order chi connectivity index (χ1) is 18.9. The Morgan fingerprint density at radius 3 is 1.77 bits per heavy atom. The highest BCUT2D eigenvalue weighted by atomic mass is 19.4. The van der Waals surface area contributed by atoms with Crippen molar-refractivity contribution >= 4 is 23.3 Å². The van der Waals surface area contributed by atoms with E-state index in [2.05, 4.69) is 0 Å². The first-order valence-corrected chi connectivity index (χ1v) is 11.7. The molecule has 0 aliphatic carbocycles. The van der Waals surface area contributed by atoms with Crippen molar-refractivity contribution in [2.45, 2.75) is 18.5 Å². The summed E-state index contributed by atoms with van der Waals surface area (Å²) in [5, 5.41) is 0. The molecule has 0 N–H and O–H groups in total. The number of carbonyl (C=O) groups is 2. The highest BCUT2D eigenvalue weighted by Crippen LogP contribution is 2.44. The van der Waals surface area contributed by atoms with Crippen molar-refractivity contribution in [2.75, 3.05) is 30.6 Å². The van der Waals surface area contributed by atoms with Crippen LogP contribution in [0.15, 0.2) is 90.1 Å². The van der Waals surface area contributed by atoms with Crippen LogP contribution in [0.1, 0.15) is 22.9 Å². The molecular weight excluding hydrogens is 542 g/mol. The molecule has 0 fully saturated rings. The molecule has 210 valence electrons. The van der Waals surface area contributed by atoms with E-state index in [1.54, 1.807) is 30.3 Å². The van der Waals surface area contributed by atoms with Crippen molar-refractivity contribution in [3.63, 3.8) is 0 Å². The van der Waals surface area contributed by atoms with Crippen molar-refractivity contribution in [2.24, 2.45) is 0 Å². The Bertz CT molecular complexity index is 1440. The van der Waals surface area contributed by atoms with Gasteiger partial charge in [-0.1, -0.05) is 42.5 Å². The summed E-state index contributed by atoms with van der Waals surface area (Å²) < 4.78 is 91.9. The average molecular weight is 564 g/mol. The first-order valence-electron chi connectivity index (χ1n) is 11.7. The summed E-state index contributed by atoms with van der Waals surface area (Å²) in [6.45, 7) is -0.423. The third-order valence-electron chi connectivity index (χ3n) is 6.26. The summed E-state index contributed by atoms with van der Waals surface area (Å²) in [5.41, 5.74) is -2.53. The number of anilines is 2. The van der Waals surface area contributed by atoms with Crippen molar-refractivity contribution < 1.29 is 45.4 Å². The normalized spacial score (nSPS) is 16.1. The number of rotatable bonds is 5. The Hall–Kier alpha value is -4.48. The van der Waals surface area contributed by atoms with E-state index < -0.39 is 53.8 Å². The van der Waals surface area contributed by atoms with Gasteiger partial charge in [0.15, 0.2) is 0 Å². The van der Waals surface area contributed by atoms with E-state index in [9.17, 15) is 35.9 Å². The Balaban J connectivity index is 2.08. The Kier molecular flexibility index (Phi) is 7.81. The zero-order chi connectivity index (χ0) is 29.2. The second-order valence-corrected chi connectivity index (χ2v) is 8.69. The van der Waals surface area contributed by atoms with Gasteiger partial charge >= 0.3 is 24.3 Å². The summed E-state index contributed by atoms with van der Waals surface area (Å²) in [6.07, 6.45) is -10.6. The second kappa shape index (κ2) is 10.9. The van der Waals surface area contributed by atoms with Crippen LogP contribution in [0, 0.1) is 0 Å². The summed E-state index contributed by atoms with van der Waals surface area (Å²) in [4.78, 5) is 28.6. The van der Waals surface area contributed by atoms with Crippen LogP contribution in [0.5, 0.6) is 0 Å². The molecule has 1 aliphatic heterocycles. The summed E-state index contributed by atoms with van der Waals surface area (Å²) in [6, 6.07) is 16.4. The molecule has 12 heteroatoms. The zero-order valence-electron chi connectivity index (χ0n) is 21.1. The molecule has 3 aromatic carbocycles. The molecule has 4 rings (SSSR count). The SMILES string of the molecule is COC(=O)C1=C(C(=O)OC)N(c2cccc(C(F)(F)F)c2)C(c2ccccc2)N(c2cccc(C(F)(F)F)c2)C1. The number of hydrogen-bond donors (Lipinski definition) is 0. The quantitative estimate of drug-likeness (QED) is 0.266. The molecule has 0 aromatic heterocycles. The average Bonchev–Trinajstić information content (AvgIpc) is 2.95. The van der Waals surface area contributed by atoms with E-state index in [4.69, 9.17) is 9.47 Å². The van der Waals surface area contributed by atoms with E-state index >= 15 is 0 Å². The fraction of sp³-hybridized carbons (Fsp3) is 0.214. The number of methoxy groups -OCH3 is 2. The van der Waals surface area contributed by atoms with Crippen LogP contribution >= 0.6 is 0 Å². The monoisotopic (exact) mass is 564 g/mol. The van der Waals surface area contributed by atoms with E-state index in [-0.39, 0.29) is 16.9 Å². The molecular formula is C28H22F6N2O4. The molecule has 3 aromatic rings. The maximum atomic E-state index is 13.7. The van der Waals surface area contributed by atoms with Gasteiger partial charge in [0.2, 0.25) is 0 Å². The minimum atomic E-state index is -4.75. The molecule has 0 bridgehead atoms. The van der Waals surface area contributed by atoms with E-state index in [1.807, 2.05) is 0 Å². The molecule has 1 aliphatic rings. The maximum Gasteiger partial charge on any atom is 0.416 e. The fourth-order valence-electron chi connectivity index (χ4n) is 4.49. The molecule has 0 radical (unpaired) electrons. The minimum Gasteiger partial charge on any atom is -0.466 e. The molecule has 0 saturated heterocycles. The molecule has 1 unspecified atom stereocenters. The van der Waals surface area contributed by atoms with Crippen molar-refractivity contribution in [1.29, 1.82) is 0 Å². The number of halogens is 6. The van der Waals surface area contributed by atoms with Gasteiger partial charge in [-0.2, -0.15) is 26.3 Å². The molecule has 0 spiro atoms. The third-order valence-corrected chi connectivity index (χ3v) is 6.26. The fourth-order valence-corrected chi connectivity index (χ4v) is 4.49. The van der Waals surface area contributed by atoms with Crippen LogP contribution in [0.3, 0.4) is 0 Å². The standard InChI is InChI=1S/C28H22F6N2O4/c1-39-25(37)22-16-35(20-12-6-10-18(14-20)27(29,30)31)24(17-8-4-3-5-9-17)36(23(22)26(38)40-2)21-13-7-11-19(15-21)28(32,33)34/h3-15,24H,16H2,1-2H3. The van der Waals surface area contributed by atoms with Crippen molar-refractivity contribution in [3.8, 4) is 0 Å². The summed E-state index contributed by atoms with van der Waals surface area (Å²) >= 11 is 0. The van der Waals surface area contributed by atoms with Crippen LogP contribution in [0.2, 0.25) is 0 Å². The van der Waals surface area contributed by atoms with Crippen molar-refractivity contribution in [1.82, 2.24) is 0 Å². The van der Waals surface area contributed by atoms with E-state index in [0.29, 0.717) is 5.56 Å². The minimum absolute atomic E-state index is 0.00836. The van der Waals surface area contributed by atoms with Crippen LogP contribution < -0.4 is 9.80 Å². The topological polar surface area (TPSA) is 59.1 Å². The predicted molar refractivity (Wildman–Crippen MR) is 133 cm³/mol. The number of hydrogen-bond acceptors (Lipinski definition) is 6. The smallest absolute Gasteiger partial charge is 0.416 e. The van der Waals surface area contributed by atoms with Gasteiger partial charge in [0.05, 0.1) is 37.5 Å². The largest absolute Gasteiger partial charge is 0.466 e. The van der Waals surface area contributed by atoms with Crippen LogP contribution in [-0.2, 0) is 31.4 Å². The molecule has 6 nitrogen and oxygen atoms in total. The van der Waals surface area contributed by atoms with Gasteiger partial charge in [-0.25, -0.2) is 9.59 Å². The number of ether oxygens (including phenoxy) is 2. The van der Waals surface area contributed by atoms with Gasteiger partial charge in [-0.05, 0) is 42.0 Å². The third kappa shape index (κ3) is 5.61. The lowest BCUT2D eigenvalue weighted by Crippen LogP contribution is -2.50. The van der Waals surface area contributed by atoms with Gasteiger partial charge in [-0.3, -0.25) is 0 Å². The highest BCUT2D eigenvalue weighted by Gasteiger charge is 2.43. The lowest BCUT2D eigenvalue weighted by Gasteiger charge is -2.47. The van der Waals surface area contributed by atoms with E-state index in [1.165, 1.54) is 23.1 Å². The lowest BCUT2D eigenvalue weighted by atomic mass is 9.99. The first kappa shape index (κ1) is 28.5. The number of nitrogens with zero attached hydrogens (tertiary/aromatic N) is 2. The van der Waals surface area contributed by atoms with Crippen LogP contribution in [-0.4, -0.2) is 32.7 Å². The molecule has 40 heavy (non-hydrogen) atoms. The maximum absolute atomic E-state index is 13.7. The highest BCUT2D eigenvalue weighted by molar-refractivity contribution is 6.04. The predicted octanol–water partition coefficient (Wildman–Crippen LogP) is 6.35. The molecule has 1 atom stereocenters. The number of alkyl halides is 6. The number of carbonyl (C=O) groups excluding carboxylic acids is 2. The summed E-state index contributed by atoms with van der Waals surface area (Å²) in [7, 11) is 2.07.